The molecule has 2 aromatic rings. The van der Waals surface area contributed by atoms with E-state index in [-0.39, 0.29) is 0 Å². The van der Waals surface area contributed by atoms with Crippen molar-refractivity contribution in [1.29, 1.82) is 0 Å². The van der Waals surface area contributed by atoms with Crippen molar-refractivity contribution in [3.05, 3.63) is 45.7 Å². The summed E-state index contributed by atoms with van der Waals surface area (Å²) in [4.78, 5) is 11.6. The number of nitrogens with one attached hydrogen (secondary N) is 1. The van der Waals surface area contributed by atoms with Gasteiger partial charge in [0.25, 0.3) is 5.91 Å². The molecule has 1 aliphatic heterocycles. The summed E-state index contributed by atoms with van der Waals surface area (Å²) in [7, 11) is 0. The van der Waals surface area contributed by atoms with Crippen molar-refractivity contribution in [2.24, 2.45) is 5.73 Å². The van der Waals surface area contributed by atoms with E-state index < -0.39 is 5.91 Å². The molecule has 0 spiro atoms. The number of halogens is 1. The van der Waals surface area contributed by atoms with Gasteiger partial charge in [0, 0.05) is 30.1 Å². The largest absolute Gasteiger partial charge is 0.364 e. The van der Waals surface area contributed by atoms with Gasteiger partial charge < -0.3 is 11.1 Å². The Labute approximate surface area is 121 Å². The van der Waals surface area contributed by atoms with E-state index in [0.717, 1.165) is 35.5 Å². The van der Waals surface area contributed by atoms with Crippen LogP contribution in [-0.4, -0.2) is 22.2 Å². The number of benzene rings is 1. The van der Waals surface area contributed by atoms with Crippen LogP contribution in [0.2, 0.25) is 5.02 Å². The maximum atomic E-state index is 11.6. The van der Waals surface area contributed by atoms with Crippen molar-refractivity contribution in [2.45, 2.75) is 19.9 Å². The van der Waals surface area contributed by atoms with Gasteiger partial charge in [0.2, 0.25) is 0 Å². The second-order valence-electron chi connectivity index (χ2n) is 4.86. The predicted octanol–water partition coefficient (Wildman–Crippen LogP) is 1.58. The van der Waals surface area contributed by atoms with Gasteiger partial charge in [-0.1, -0.05) is 17.7 Å². The number of hydrogen-bond donors (Lipinski definition) is 2. The number of aromatic nitrogens is 2. The molecule has 0 atom stereocenters. The Bertz CT molecular complexity index is 693. The fraction of sp³-hybridized carbons (Fsp3) is 0.286. The fourth-order valence-corrected chi connectivity index (χ4v) is 2.74. The lowest BCUT2D eigenvalue weighted by Crippen LogP contribution is -2.26. The molecule has 1 aromatic carbocycles. The average Bonchev–Trinajstić information content (AvgIpc) is 2.82. The number of fused-ring (bicyclic) bond motifs is 1. The summed E-state index contributed by atoms with van der Waals surface area (Å²) in [5, 5.41) is 8.33. The van der Waals surface area contributed by atoms with E-state index in [1.807, 2.05) is 25.1 Å². The molecule has 0 radical (unpaired) electrons. The highest BCUT2D eigenvalue weighted by Gasteiger charge is 2.24. The van der Waals surface area contributed by atoms with Gasteiger partial charge in [-0.25, -0.2) is 4.68 Å². The maximum Gasteiger partial charge on any atom is 0.269 e. The molecule has 0 fully saturated rings. The molecule has 1 aliphatic rings. The Morgan fingerprint density at radius 3 is 3.05 bits per heavy atom. The zero-order valence-corrected chi connectivity index (χ0v) is 11.9. The number of nitrogens with two attached hydrogens (primary N) is 1. The molecule has 6 heteroatoms. The third-order valence-electron chi connectivity index (χ3n) is 3.63. The summed E-state index contributed by atoms with van der Waals surface area (Å²) >= 11 is 6.17. The molecule has 5 nitrogen and oxygen atoms in total. The van der Waals surface area contributed by atoms with Crippen LogP contribution in [0.1, 0.15) is 27.3 Å². The lowest BCUT2D eigenvalue weighted by molar-refractivity contribution is 0.0994. The Hall–Kier alpha value is -1.85. The minimum atomic E-state index is -0.497. The third kappa shape index (κ3) is 1.99. The first-order chi connectivity index (χ1) is 9.59. The number of carbonyl (C=O) groups excluding carboxylic acids is 1. The second-order valence-corrected chi connectivity index (χ2v) is 5.27. The molecular weight excluding hydrogens is 276 g/mol. The number of amides is 1. The van der Waals surface area contributed by atoms with E-state index in [0.29, 0.717) is 17.3 Å². The molecule has 2 heterocycles. The van der Waals surface area contributed by atoms with Crippen LogP contribution in [-0.2, 0) is 13.0 Å². The second kappa shape index (κ2) is 4.92. The fourth-order valence-electron chi connectivity index (χ4n) is 2.57. The number of rotatable bonds is 2. The normalized spacial score (nSPS) is 14.1. The minimum absolute atomic E-state index is 0.339. The van der Waals surface area contributed by atoms with E-state index in [4.69, 9.17) is 17.3 Å². The Morgan fingerprint density at radius 1 is 1.50 bits per heavy atom. The molecule has 0 aliphatic carbocycles. The minimum Gasteiger partial charge on any atom is -0.364 e. The van der Waals surface area contributed by atoms with E-state index in [1.165, 1.54) is 0 Å². The van der Waals surface area contributed by atoms with Crippen LogP contribution in [0.4, 0.5) is 0 Å². The van der Waals surface area contributed by atoms with E-state index in [1.54, 1.807) is 4.68 Å². The smallest absolute Gasteiger partial charge is 0.269 e. The summed E-state index contributed by atoms with van der Waals surface area (Å²) in [6, 6.07) is 5.66. The van der Waals surface area contributed by atoms with Gasteiger partial charge in [0.1, 0.15) is 0 Å². The van der Waals surface area contributed by atoms with Gasteiger partial charge in [0.05, 0.1) is 11.4 Å². The summed E-state index contributed by atoms with van der Waals surface area (Å²) in [5.41, 5.74) is 9.52. The molecule has 3 N–H and O–H groups in total. The molecule has 0 saturated heterocycles. The lowest BCUT2D eigenvalue weighted by atomic mass is 10.1. The van der Waals surface area contributed by atoms with Crippen LogP contribution in [0.15, 0.2) is 18.2 Å². The highest BCUT2D eigenvalue weighted by molar-refractivity contribution is 6.31. The van der Waals surface area contributed by atoms with Crippen LogP contribution in [0.25, 0.3) is 5.69 Å². The van der Waals surface area contributed by atoms with Gasteiger partial charge in [-0.3, -0.25) is 4.79 Å². The topological polar surface area (TPSA) is 72.9 Å². The molecule has 20 heavy (non-hydrogen) atoms. The Kier molecular flexibility index (Phi) is 3.23. The lowest BCUT2D eigenvalue weighted by Gasteiger charge is -2.16. The number of primary amides is 1. The van der Waals surface area contributed by atoms with Crippen LogP contribution in [0, 0.1) is 6.92 Å². The average molecular weight is 291 g/mol. The van der Waals surface area contributed by atoms with Gasteiger partial charge in [0.15, 0.2) is 5.69 Å². The number of nitrogens with zero attached hydrogens (tertiary/aromatic N) is 2. The molecule has 3 rings (SSSR count). The summed E-state index contributed by atoms with van der Waals surface area (Å²) in [6.45, 7) is 3.42. The molecule has 1 amide bonds. The first kappa shape index (κ1) is 13.1. The monoisotopic (exact) mass is 290 g/mol. The highest BCUT2D eigenvalue weighted by Crippen LogP contribution is 2.26. The Balaban J connectivity index is 2.24. The summed E-state index contributed by atoms with van der Waals surface area (Å²) < 4.78 is 1.80. The van der Waals surface area contributed by atoms with Crippen molar-refractivity contribution >= 4 is 17.5 Å². The van der Waals surface area contributed by atoms with Crippen molar-refractivity contribution in [3.63, 3.8) is 0 Å². The van der Waals surface area contributed by atoms with Crippen LogP contribution >= 0.6 is 11.6 Å². The summed E-state index contributed by atoms with van der Waals surface area (Å²) in [5.74, 6) is -0.497. The third-order valence-corrected chi connectivity index (χ3v) is 4.04. The molecule has 104 valence electrons. The Morgan fingerprint density at radius 2 is 2.30 bits per heavy atom. The zero-order chi connectivity index (χ0) is 14.3. The van der Waals surface area contributed by atoms with E-state index in [9.17, 15) is 4.79 Å². The molecule has 0 bridgehead atoms. The highest BCUT2D eigenvalue weighted by atomic mass is 35.5. The first-order valence-corrected chi connectivity index (χ1v) is 6.84. The van der Waals surface area contributed by atoms with Crippen molar-refractivity contribution in [3.8, 4) is 5.69 Å². The molecule has 0 unspecified atom stereocenters. The van der Waals surface area contributed by atoms with Gasteiger partial charge in [-0.05, 0) is 24.6 Å². The number of carbonyl (C=O) groups is 1. The van der Waals surface area contributed by atoms with Gasteiger partial charge >= 0.3 is 0 Å². The van der Waals surface area contributed by atoms with Gasteiger partial charge in [-0.15, -0.1) is 0 Å². The van der Waals surface area contributed by atoms with Gasteiger partial charge in [-0.2, -0.15) is 5.10 Å². The molecular formula is C14H15ClN4O. The molecule has 0 saturated carbocycles. The quantitative estimate of drug-likeness (QED) is 0.882. The summed E-state index contributed by atoms with van der Waals surface area (Å²) in [6.07, 6.45) is 0.807. The molecule has 1 aromatic heterocycles. The van der Waals surface area contributed by atoms with E-state index in [2.05, 4.69) is 10.4 Å². The van der Waals surface area contributed by atoms with Crippen LogP contribution in [0.5, 0.6) is 0 Å². The standard InChI is InChI=1S/C14H15ClN4O/c1-8-10(15)3-2-4-11(8)19-12-5-6-17-7-9(12)13(18-19)14(16)20/h2-4,17H,5-7H2,1H3,(H2,16,20). The zero-order valence-electron chi connectivity index (χ0n) is 11.1. The van der Waals surface area contributed by atoms with Crippen LogP contribution in [0.3, 0.4) is 0 Å². The first-order valence-electron chi connectivity index (χ1n) is 6.46. The van der Waals surface area contributed by atoms with Crippen molar-refractivity contribution < 1.29 is 4.79 Å². The maximum absolute atomic E-state index is 11.6. The van der Waals surface area contributed by atoms with Crippen molar-refractivity contribution in [2.75, 3.05) is 6.54 Å². The number of hydrogen-bond acceptors (Lipinski definition) is 3. The van der Waals surface area contributed by atoms with Crippen LogP contribution < -0.4 is 11.1 Å². The predicted molar refractivity (Wildman–Crippen MR) is 77.2 cm³/mol. The SMILES string of the molecule is Cc1c(Cl)cccc1-n1nc(C(N)=O)c2c1CCNC2. The van der Waals surface area contributed by atoms with E-state index >= 15 is 0 Å². The van der Waals surface area contributed by atoms with Crippen molar-refractivity contribution in [1.82, 2.24) is 15.1 Å².